The first-order valence-corrected chi connectivity index (χ1v) is 6.68. The molecule has 17 heavy (non-hydrogen) atoms. The molecule has 0 radical (unpaired) electrons. The van der Waals surface area contributed by atoms with Crippen LogP contribution in [-0.4, -0.2) is 33.3 Å². The van der Waals surface area contributed by atoms with Gasteiger partial charge in [0.15, 0.2) is 0 Å². The van der Waals surface area contributed by atoms with Gasteiger partial charge in [-0.3, -0.25) is 9.58 Å². The Labute approximate surface area is 103 Å². The lowest BCUT2D eigenvalue weighted by atomic mass is 9.91. The van der Waals surface area contributed by atoms with Crippen molar-refractivity contribution < 1.29 is 0 Å². The van der Waals surface area contributed by atoms with Crippen LogP contribution in [0.25, 0.3) is 0 Å². The number of aromatic nitrogens is 2. The second-order valence-electron chi connectivity index (χ2n) is 5.56. The van der Waals surface area contributed by atoms with E-state index in [1.807, 2.05) is 11.7 Å². The van der Waals surface area contributed by atoms with Gasteiger partial charge in [0.2, 0.25) is 0 Å². The van der Waals surface area contributed by atoms with Crippen LogP contribution in [-0.2, 0) is 7.05 Å². The van der Waals surface area contributed by atoms with Crippen molar-refractivity contribution in [3.63, 3.8) is 0 Å². The molecule has 94 valence electrons. The van der Waals surface area contributed by atoms with E-state index in [4.69, 9.17) is 5.73 Å². The summed E-state index contributed by atoms with van der Waals surface area (Å²) in [5.74, 6) is 0. The molecule has 1 aromatic rings. The van der Waals surface area contributed by atoms with Crippen molar-refractivity contribution in [3.05, 3.63) is 17.5 Å². The van der Waals surface area contributed by atoms with Crippen molar-refractivity contribution >= 4 is 0 Å². The van der Waals surface area contributed by atoms with Crippen LogP contribution in [0.5, 0.6) is 0 Å². The summed E-state index contributed by atoms with van der Waals surface area (Å²) in [6.07, 6.45) is 7.24. The number of hydrogen-bond donors (Lipinski definition) is 1. The van der Waals surface area contributed by atoms with E-state index < -0.39 is 0 Å². The molecule has 1 saturated heterocycles. The van der Waals surface area contributed by atoms with Crippen LogP contribution in [0.15, 0.2) is 6.20 Å². The van der Waals surface area contributed by atoms with Crippen LogP contribution in [0.2, 0.25) is 0 Å². The van der Waals surface area contributed by atoms with Crippen LogP contribution in [0.3, 0.4) is 0 Å². The minimum Gasteiger partial charge on any atom is -0.326 e. The SMILES string of the molecule is Cc1nn(C)cc1C1C(N)CCCN1C1CC1. The molecule has 2 unspecified atom stereocenters. The zero-order valence-corrected chi connectivity index (χ0v) is 10.8. The lowest BCUT2D eigenvalue weighted by Gasteiger charge is -2.40. The Morgan fingerprint density at radius 2 is 2.12 bits per heavy atom. The molecule has 4 heteroatoms. The standard InChI is InChI=1S/C13H22N4/c1-9-11(8-16(2)15-9)13-12(14)4-3-7-17(13)10-5-6-10/h8,10,12-13H,3-7,14H2,1-2H3. The third-order valence-electron chi connectivity index (χ3n) is 4.10. The molecule has 2 fully saturated rings. The van der Waals surface area contributed by atoms with Gasteiger partial charge in [0.25, 0.3) is 0 Å². The Morgan fingerprint density at radius 3 is 2.71 bits per heavy atom. The van der Waals surface area contributed by atoms with Crippen LogP contribution in [0, 0.1) is 6.92 Å². The van der Waals surface area contributed by atoms with Gasteiger partial charge >= 0.3 is 0 Å². The lowest BCUT2D eigenvalue weighted by molar-refractivity contribution is 0.119. The van der Waals surface area contributed by atoms with Gasteiger partial charge in [0, 0.05) is 30.9 Å². The first-order valence-electron chi connectivity index (χ1n) is 6.68. The molecular weight excluding hydrogens is 212 g/mol. The summed E-state index contributed by atoms with van der Waals surface area (Å²) < 4.78 is 1.91. The van der Waals surface area contributed by atoms with Crippen LogP contribution in [0.4, 0.5) is 0 Å². The molecule has 1 aliphatic carbocycles. The van der Waals surface area contributed by atoms with E-state index in [0.717, 1.165) is 18.2 Å². The van der Waals surface area contributed by atoms with Gasteiger partial charge in [-0.25, -0.2) is 0 Å². The summed E-state index contributed by atoms with van der Waals surface area (Å²) in [5.41, 5.74) is 8.85. The summed E-state index contributed by atoms with van der Waals surface area (Å²) in [5, 5.41) is 4.47. The fraction of sp³-hybridized carbons (Fsp3) is 0.769. The van der Waals surface area contributed by atoms with Gasteiger partial charge in [-0.2, -0.15) is 5.10 Å². The van der Waals surface area contributed by atoms with E-state index in [-0.39, 0.29) is 6.04 Å². The fourth-order valence-electron chi connectivity index (χ4n) is 3.19. The van der Waals surface area contributed by atoms with Crippen molar-refractivity contribution in [2.45, 2.75) is 50.7 Å². The highest BCUT2D eigenvalue weighted by Crippen LogP contribution is 2.39. The van der Waals surface area contributed by atoms with Gasteiger partial charge in [-0.1, -0.05) is 0 Å². The third-order valence-corrected chi connectivity index (χ3v) is 4.10. The van der Waals surface area contributed by atoms with Gasteiger partial charge < -0.3 is 5.73 Å². The van der Waals surface area contributed by atoms with E-state index in [2.05, 4.69) is 23.1 Å². The number of likely N-dealkylation sites (tertiary alicyclic amines) is 1. The smallest absolute Gasteiger partial charge is 0.0642 e. The number of nitrogens with zero attached hydrogens (tertiary/aromatic N) is 3. The Bertz CT molecular complexity index is 408. The maximum absolute atomic E-state index is 6.37. The highest BCUT2D eigenvalue weighted by molar-refractivity contribution is 5.23. The van der Waals surface area contributed by atoms with Crippen LogP contribution >= 0.6 is 0 Å². The van der Waals surface area contributed by atoms with Gasteiger partial charge in [-0.15, -0.1) is 0 Å². The summed E-state index contributed by atoms with van der Waals surface area (Å²) in [6, 6.07) is 1.45. The Kier molecular flexibility index (Phi) is 2.71. The molecule has 1 aliphatic heterocycles. The molecule has 0 aromatic carbocycles. The molecule has 2 heterocycles. The Balaban J connectivity index is 1.93. The monoisotopic (exact) mass is 234 g/mol. The zero-order chi connectivity index (χ0) is 12.0. The predicted octanol–water partition coefficient (Wildman–Crippen LogP) is 1.36. The average Bonchev–Trinajstić information content (AvgIpc) is 3.05. The zero-order valence-electron chi connectivity index (χ0n) is 10.8. The van der Waals surface area contributed by atoms with Crippen LogP contribution in [0.1, 0.15) is 43.0 Å². The molecule has 0 bridgehead atoms. The van der Waals surface area contributed by atoms with E-state index in [1.54, 1.807) is 0 Å². The minimum absolute atomic E-state index is 0.271. The van der Waals surface area contributed by atoms with Gasteiger partial charge in [-0.05, 0) is 39.2 Å². The number of nitrogens with two attached hydrogens (primary N) is 1. The van der Waals surface area contributed by atoms with E-state index in [9.17, 15) is 0 Å². The average molecular weight is 234 g/mol. The van der Waals surface area contributed by atoms with Crippen molar-refractivity contribution in [3.8, 4) is 0 Å². The van der Waals surface area contributed by atoms with Gasteiger partial charge in [0.1, 0.15) is 0 Å². The number of aryl methyl sites for hydroxylation is 2. The predicted molar refractivity (Wildman–Crippen MR) is 67.6 cm³/mol. The Morgan fingerprint density at radius 1 is 1.35 bits per heavy atom. The fourth-order valence-corrected chi connectivity index (χ4v) is 3.19. The minimum atomic E-state index is 0.271. The summed E-state index contributed by atoms with van der Waals surface area (Å²) in [7, 11) is 1.99. The maximum Gasteiger partial charge on any atom is 0.0642 e. The normalized spacial score (nSPS) is 30.8. The maximum atomic E-state index is 6.37. The summed E-state index contributed by atoms with van der Waals surface area (Å²) >= 11 is 0. The van der Waals surface area contributed by atoms with Crippen molar-refractivity contribution in [2.24, 2.45) is 12.8 Å². The quantitative estimate of drug-likeness (QED) is 0.840. The topological polar surface area (TPSA) is 47.1 Å². The molecule has 3 rings (SSSR count). The molecule has 0 amide bonds. The number of piperidine rings is 1. The van der Waals surface area contributed by atoms with Crippen molar-refractivity contribution in [2.75, 3.05) is 6.54 Å². The highest BCUT2D eigenvalue weighted by Gasteiger charge is 2.40. The Hall–Kier alpha value is -0.870. The van der Waals surface area contributed by atoms with Crippen molar-refractivity contribution in [1.29, 1.82) is 0 Å². The molecule has 1 aromatic heterocycles. The molecule has 1 saturated carbocycles. The molecular formula is C13H22N4. The summed E-state index contributed by atoms with van der Waals surface area (Å²) in [6.45, 7) is 3.30. The van der Waals surface area contributed by atoms with E-state index in [1.165, 1.54) is 31.4 Å². The molecule has 2 atom stereocenters. The molecule has 0 spiro atoms. The second kappa shape index (κ2) is 4.10. The van der Waals surface area contributed by atoms with Crippen molar-refractivity contribution in [1.82, 2.24) is 14.7 Å². The first kappa shape index (κ1) is 11.2. The van der Waals surface area contributed by atoms with Crippen LogP contribution < -0.4 is 5.73 Å². The van der Waals surface area contributed by atoms with Gasteiger partial charge in [0.05, 0.1) is 11.7 Å². The molecule has 2 aliphatic rings. The third kappa shape index (κ3) is 2.00. The first-order chi connectivity index (χ1) is 8.16. The highest BCUT2D eigenvalue weighted by atomic mass is 15.3. The second-order valence-corrected chi connectivity index (χ2v) is 5.56. The molecule has 2 N–H and O–H groups in total. The van der Waals surface area contributed by atoms with E-state index >= 15 is 0 Å². The van der Waals surface area contributed by atoms with E-state index in [0.29, 0.717) is 6.04 Å². The molecule has 4 nitrogen and oxygen atoms in total. The number of rotatable bonds is 2. The lowest BCUT2D eigenvalue weighted by Crippen LogP contribution is -2.46. The largest absolute Gasteiger partial charge is 0.326 e. The summed E-state index contributed by atoms with van der Waals surface area (Å²) in [4.78, 5) is 2.62. The number of hydrogen-bond acceptors (Lipinski definition) is 3.